The molecule has 0 aromatic carbocycles. The van der Waals surface area contributed by atoms with Crippen molar-refractivity contribution in [1.29, 1.82) is 0 Å². The minimum absolute atomic E-state index is 0.0788. The number of aryl methyl sites for hydroxylation is 2. The summed E-state index contributed by atoms with van der Waals surface area (Å²) in [6.45, 7) is 5.03. The Hall–Kier alpha value is -3.10. The van der Waals surface area contributed by atoms with Crippen molar-refractivity contribution in [3.8, 4) is 29.2 Å². The van der Waals surface area contributed by atoms with Gasteiger partial charge in [0, 0.05) is 32.1 Å². The largest absolute Gasteiger partial charge is 0.383 e. The molecule has 0 atom stereocenters. The lowest BCUT2D eigenvalue weighted by Gasteiger charge is -2.17. The molecule has 0 saturated heterocycles. The first-order valence-electron chi connectivity index (χ1n) is 8.37. The second kappa shape index (κ2) is 7.42. The molecule has 0 saturated carbocycles. The van der Waals surface area contributed by atoms with E-state index < -0.39 is 0 Å². The molecule has 2 aliphatic rings. The smallest absolute Gasteiger partial charge is 0.252 e. The highest BCUT2D eigenvalue weighted by atomic mass is 16.5. The van der Waals surface area contributed by atoms with Gasteiger partial charge in [-0.15, -0.1) is 6.42 Å². The highest BCUT2D eigenvalue weighted by molar-refractivity contribution is 5.80. The van der Waals surface area contributed by atoms with Crippen LogP contribution in [0.5, 0.6) is 0 Å². The number of imidazole rings is 1. The average Bonchev–Trinajstić information content (AvgIpc) is 3.00. The Balaban J connectivity index is 0.000000229. The first-order valence-corrected chi connectivity index (χ1v) is 8.37. The molecule has 2 aliphatic carbocycles. The quantitative estimate of drug-likeness (QED) is 0.533. The zero-order valence-corrected chi connectivity index (χ0v) is 15.2. The van der Waals surface area contributed by atoms with Crippen LogP contribution in [0.4, 0.5) is 0 Å². The van der Waals surface area contributed by atoms with E-state index in [0.717, 1.165) is 11.5 Å². The Bertz CT molecular complexity index is 1040. The van der Waals surface area contributed by atoms with Crippen LogP contribution in [-0.2, 0) is 11.3 Å². The van der Waals surface area contributed by atoms with Crippen molar-refractivity contribution in [3.63, 3.8) is 0 Å². The van der Waals surface area contributed by atoms with E-state index in [2.05, 4.69) is 36.0 Å². The summed E-state index contributed by atoms with van der Waals surface area (Å²) in [5.41, 5.74) is 5.59. The molecule has 0 bridgehead atoms. The van der Waals surface area contributed by atoms with Gasteiger partial charge in [-0.25, -0.2) is 4.98 Å². The normalized spacial score (nSPS) is 10.7. The van der Waals surface area contributed by atoms with Crippen LogP contribution in [0.25, 0.3) is 16.8 Å². The lowest BCUT2D eigenvalue weighted by Crippen LogP contribution is -2.21. The molecule has 0 spiro atoms. The standard InChI is InChI=1S/C14H15N3O2.C7H6/c1-4-12-10-17(11(2)15-12)13-5-6-16(7-8-19-3)14(18)9-13;1-5-4-6-2-3-7(5)6/h1,5-6,9-10H,7-8H2,2-3H3;2-4H,1H3. The predicted molar refractivity (Wildman–Crippen MR) is 103 cm³/mol. The fourth-order valence-corrected chi connectivity index (χ4v) is 2.81. The second-order valence-corrected chi connectivity index (χ2v) is 6.13. The summed E-state index contributed by atoms with van der Waals surface area (Å²) in [6.07, 6.45) is 8.79. The molecule has 2 heterocycles. The fourth-order valence-electron chi connectivity index (χ4n) is 2.81. The van der Waals surface area contributed by atoms with Crippen molar-refractivity contribution < 1.29 is 4.74 Å². The molecule has 4 rings (SSSR count). The molecule has 0 amide bonds. The van der Waals surface area contributed by atoms with Crippen LogP contribution >= 0.6 is 0 Å². The van der Waals surface area contributed by atoms with Crippen molar-refractivity contribution in [3.05, 3.63) is 70.2 Å². The number of hydrogen-bond acceptors (Lipinski definition) is 3. The second-order valence-electron chi connectivity index (χ2n) is 6.13. The average molecular weight is 347 g/mol. The number of aromatic nitrogens is 3. The van der Waals surface area contributed by atoms with Gasteiger partial charge in [-0.1, -0.05) is 18.2 Å². The Morgan fingerprint density at radius 3 is 2.46 bits per heavy atom. The van der Waals surface area contributed by atoms with E-state index >= 15 is 0 Å². The molecule has 5 heteroatoms. The molecule has 132 valence electrons. The van der Waals surface area contributed by atoms with E-state index in [-0.39, 0.29) is 5.56 Å². The SMILES string of the molecule is C#Cc1cn(-c2ccn(CCOC)c(=O)c2)c(C)n1.Cc1cc2ccc1-2. The fraction of sp³-hybridized carbons (Fsp3) is 0.238. The molecular formula is C21H21N3O2. The van der Waals surface area contributed by atoms with E-state index in [9.17, 15) is 4.79 Å². The Labute approximate surface area is 152 Å². The van der Waals surface area contributed by atoms with Crippen molar-refractivity contribution in [1.82, 2.24) is 14.1 Å². The lowest BCUT2D eigenvalue weighted by atomic mass is 9.88. The van der Waals surface area contributed by atoms with Crippen LogP contribution in [0.3, 0.4) is 0 Å². The third-order valence-electron chi connectivity index (χ3n) is 4.36. The molecule has 5 nitrogen and oxygen atoms in total. The summed E-state index contributed by atoms with van der Waals surface area (Å²) >= 11 is 0. The summed E-state index contributed by atoms with van der Waals surface area (Å²) in [6, 6.07) is 9.92. The zero-order chi connectivity index (χ0) is 18.7. The number of fused-ring (bicyclic) bond motifs is 1. The summed E-state index contributed by atoms with van der Waals surface area (Å²) in [4.78, 5) is 16.1. The van der Waals surface area contributed by atoms with Crippen molar-refractivity contribution >= 4 is 0 Å². The molecule has 0 radical (unpaired) electrons. The maximum absolute atomic E-state index is 11.9. The van der Waals surface area contributed by atoms with Gasteiger partial charge >= 0.3 is 0 Å². The van der Waals surface area contributed by atoms with Gasteiger partial charge in [0.1, 0.15) is 11.5 Å². The predicted octanol–water partition coefficient (Wildman–Crippen LogP) is 2.95. The Kier molecular flexibility index (Phi) is 5.06. The summed E-state index contributed by atoms with van der Waals surface area (Å²) < 4.78 is 8.36. The van der Waals surface area contributed by atoms with Crippen molar-refractivity contribution in [2.24, 2.45) is 0 Å². The molecule has 0 aliphatic heterocycles. The topological polar surface area (TPSA) is 49.0 Å². The minimum atomic E-state index is -0.0788. The van der Waals surface area contributed by atoms with Gasteiger partial charge in [-0.05, 0) is 42.5 Å². The number of methoxy groups -OCH3 is 1. The number of hydrogen-bond donors (Lipinski definition) is 0. The molecular weight excluding hydrogens is 326 g/mol. The number of benzene rings is 1. The molecule has 0 fully saturated rings. The summed E-state index contributed by atoms with van der Waals surface area (Å²) in [5.74, 6) is 3.23. The number of ether oxygens (including phenoxy) is 1. The van der Waals surface area contributed by atoms with E-state index in [1.165, 1.54) is 16.7 Å². The summed E-state index contributed by atoms with van der Waals surface area (Å²) in [5, 5.41) is 0. The van der Waals surface area contributed by atoms with Gasteiger partial charge in [-0.2, -0.15) is 0 Å². The number of rotatable bonds is 4. The third kappa shape index (κ3) is 3.46. The van der Waals surface area contributed by atoms with Crippen LogP contribution in [0, 0.1) is 26.2 Å². The first-order chi connectivity index (χ1) is 12.5. The number of terminal acetylenes is 1. The van der Waals surface area contributed by atoms with Crippen LogP contribution in [0.15, 0.2) is 47.5 Å². The van der Waals surface area contributed by atoms with Crippen LogP contribution < -0.4 is 5.56 Å². The Morgan fingerprint density at radius 2 is 2.04 bits per heavy atom. The highest BCUT2D eigenvalue weighted by Crippen LogP contribution is 2.35. The lowest BCUT2D eigenvalue weighted by molar-refractivity contribution is 0.186. The minimum Gasteiger partial charge on any atom is -0.383 e. The van der Waals surface area contributed by atoms with Gasteiger partial charge in [0.25, 0.3) is 5.56 Å². The monoisotopic (exact) mass is 347 g/mol. The number of nitrogens with zero attached hydrogens (tertiary/aromatic N) is 3. The maximum Gasteiger partial charge on any atom is 0.252 e. The molecule has 26 heavy (non-hydrogen) atoms. The van der Waals surface area contributed by atoms with E-state index in [4.69, 9.17) is 11.2 Å². The van der Waals surface area contributed by atoms with Gasteiger partial charge in [-0.3, -0.25) is 4.79 Å². The first kappa shape index (κ1) is 17.7. The van der Waals surface area contributed by atoms with E-state index in [1.54, 1.807) is 34.7 Å². The van der Waals surface area contributed by atoms with Crippen LogP contribution in [0.2, 0.25) is 0 Å². The van der Waals surface area contributed by atoms with Gasteiger partial charge < -0.3 is 13.9 Å². The van der Waals surface area contributed by atoms with E-state index in [1.807, 2.05) is 13.0 Å². The third-order valence-corrected chi connectivity index (χ3v) is 4.36. The van der Waals surface area contributed by atoms with Gasteiger partial charge in [0.2, 0.25) is 0 Å². The van der Waals surface area contributed by atoms with Gasteiger partial charge in [0.05, 0.1) is 12.3 Å². The molecule has 2 aromatic rings. The maximum atomic E-state index is 11.9. The molecule has 0 N–H and O–H groups in total. The zero-order valence-electron chi connectivity index (χ0n) is 15.2. The van der Waals surface area contributed by atoms with Crippen LogP contribution in [-0.4, -0.2) is 27.8 Å². The van der Waals surface area contributed by atoms with Crippen molar-refractivity contribution in [2.45, 2.75) is 20.4 Å². The number of pyridine rings is 1. The molecule has 2 aromatic heterocycles. The van der Waals surface area contributed by atoms with Crippen LogP contribution in [0.1, 0.15) is 17.1 Å². The molecule has 0 unspecified atom stereocenters. The van der Waals surface area contributed by atoms with Gasteiger partial charge in [0.15, 0.2) is 0 Å². The van der Waals surface area contributed by atoms with E-state index in [0.29, 0.717) is 18.8 Å². The Morgan fingerprint density at radius 1 is 1.23 bits per heavy atom. The van der Waals surface area contributed by atoms with Crippen molar-refractivity contribution in [2.75, 3.05) is 13.7 Å². The summed E-state index contributed by atoms with van der Waals surface area (Å²) in [7, 11) is 1.61. The highest BCUT2D eigenvalue weighted by Gasteiger charge is 2.11.